The normalized spacial score (nSPS) is 11.3. The van der Waals surface area contributed by atoms with Crippen LogP contribution in [0.3, 0.4) is 0 Å². The number of hydrogen-bond donors (Lipinski definition) is 5. The van der Waals surface area contributed by atoms with Gasteiger partial charge in [0, 0.05) is 29.4 Å². The van der Waals surface area contributed by atoms with Gasteiger partial charge in [0.05, 0.1) is 23.7 Å². The second kappa shape index (κ2) is 11.5. The van der Waals surface area contributed by atoms with Gasteiger partial charge in [-0.15, -0.1) is 0 Å². The van der Waals surface area contributed by atoms with E-state index in [4.69, 9.17) is 28.5 Å². The number of amidine groups is 1. The lowest BCUT2D eigenvalue weighted by molar-refractivity contribution is -0.120. The molecule has 1 aromatic heterocycles. The molecule has 9 heteroatoms. The minimum Gasteiger partial charge on any atom is -0.427 e. The molecular weight excluding hydrogens is 488 g/mol. The van der Waals surface area contributed by atoms with Gasteiger partial charge in [-0.3, -0.25) is 15.2 Å². The summed E-state index contributed by atoms with van der Waals surface area (Å²) in [5.74, 6) is -0.341. The summed E-state index contributed by atoms with van der Waals surface area (Å²) in [6.07, 6.45) is -0.152. The lowest BCUT2D eigenvalue weighted by Crippen LogP contribution is -2.30. The highest BCUT2D eigenvalue weighted by molar-refractivity contribution is 6.33. The molecule has 0 saturated carbocycles. The van der Waals surface area contributed by atoms with Crippen LogP contribution in [0.5, 0.6) is 0 Å². The molecule has 0 aliphatic rings. The molecule has 7 N–H and O–H groups in total. The third-order valence-electron chi connectivity index (χ3n) is 5.78. The fraction of sp³-hybridized carbons (Fsp3) is 0.107. The molecule has 0 fully saturated rings. The van der Waals surface area contributed by atoms with E-state index in [-0.39, 0.29) is 35.9 Å². The molecule has 188 valence electrons. The first-order chi connectivity index (χ1) is 17.8. The fourth-order valence-corrected chi connectivity index (χ4v) is 4.19. The van der Waals surface area contributed by atoms with Crippen LogP contribution in [0.2, 0.25) is 5.02 Å². The van der Waals surface area contributed by atoms with E-state index in [2.05, 4.69) is 10.3 Å². The van der Waals surface area contributed by atoms with Gasteiger partial charge in [0.25, 0.3) is 0 Å². The van der Waals surface area contributed by atoms with E-state index in [1.54, 1.807) is 48.5 Å². The molecular formula is C28H27ClN6O2. The highest BCUT2D eigenvalue weighted by Gasteiger charge is 2.19. The summed E-state index contributed by atoms with van der Waals surface area (Å²) < 4.78 is 0.911. The lowest BCUT2D eigenvalue weighted by Gasteiger charge is -2.16. The summed E-state index contributed by atoms with van der Waals surface area (Å²) in [6.45, 7) is 0.596. The molecule has 4 aromatic rings. The van der Waals surface area contributed by atoms with Crippen LogP contribution in [-0.4, -0.2) is 21.7 Å². The Morgan fingerprint density at radius 2 is 1.73 bits per heavy atom. The van der Waals surface area contributed by atoms with Crippen molar-refractivity contribution in [2.45, 2.75) is 19.5 Å². The Labute approximate surface area is 219 Å². The Morgan fingerprint density at radius 3 is 2.41 bits per heavy atom. The zero-order valence-corrected chi connectivity index (χ0v) is 20.7. The average Bonchev–Trinajstić information content (AvgIpc) is 2.89. The molecule has 0 spiro atoms. The molecule has 1 heterocycles. The molecule has 0 aliphatic heterocycles. The molecule has 37 heavy (non-hydrogen) atoms. The van der Waals surface area contributed by atoms with Crippen molar-refractivity contribution in [2.75, 3.05) is 5.73 Å². The monoisotopic (exact) mass is 514 g/mol. The van der Waals surface area contributed by atoms with E-state index in [9.17, 15) is 10.0 Å². The summed E-state index contributed by atoms with van der Waals surface area (Å²) >= 11 is 6.69. The number of hydrogen-bond acceptors (Lipinski definition) is 5. The SMILES string of the molecule is N=C(N)c1ccc(CNC(=O)Cc2c(-c3cccc(N)c3)c(Cl)cc(=NCc3ccccc3)n2O)cc1. The molecule has 0 saturated heterocycles. The predicted octanol–water partition coefficient (Wildman–Crippen LogP) is 3.87. The van der Waals surface area contributed by atoms with Gasteiger partial charge < -0.3 is 22.0 Å². The van der Waals surface area contributed by atoms with Gasteiger partial charge in [0.2, 0.25) is 5.91 Å². The Hall–Kier alpha value is -4.56. The predicted molar refractivity (Wildman–Crippen MR) is 145 cm³/mol. The van der Waals surface area contributed by atoms with Gasteiger partial charge in [0.1, 0.15) is 5.84 Å². The molecule has 0 bridgehead atoms. The lowest BCUT2D eigenvalue weighted by atomic mass is 10.0. The Balaban J connectivity index is 1.65. The minimum absolute atomic E-state index is 0.0217. The van der Waals surface area contributed by atoms with Crippen LogP contribution in [0.4, 0.5) is 5.69 Å². The smallest absolute Gasteiger partial charge is 0.226 e. The van der Waals surface area contributed by atoms with E-state index in [0.717, 1.165) is 15.9 Å². The van der Waals surface area contributed by atoms with Crippen LogP contribution in [0.25, 0.3) is 11.1 Å². The van der Waals surface area contributed by atoms with E-state index in [1.807, 2.05) is 36.4 Å². The molecule has 8 nitrogen and oxygen atoms in total. The number of nitrogens with zero attached hydrogens (tertiary/aromatic N) is 2. The van der Waals surface area contributed by atoms with Gasteiger partial charge in [-0.1, -0.05) is 78.3 Å². The number of benzene rings is 3. The number of anilines is 1. The third-order valence-corrected chi connectivity index (χ3v) is 6.08. The number of aromatic nitrogens is 1. The molecule has 0 aliphatic carbocycles. The number of nitrogens with one attached hydrogen (secondary N) is 2. The molecule has 0 unspecified atom stereocenters. The van der Waals surface area contributed by atoms with Crippen LogP contribution in [0, 0.1) is 5.41 Å². The molecule has 1 amide bonds. The highest BCUT2D eigenvalue weighted by atomic mass is 35.5. The maximum absolute atomic E-state index is 13.0. The number of carbonyl (C=O) groups is 1. The van der Waals surface area contributed by atoms with Gasteiger partial charge in [0.15, 0.2) is 5.49 Å². The Kier molecular flexibility index (Phi) is 7.90. The topological polar surface area (TPSA) is 143 Å². The first-order valence-electron chi connectivity index (χ1n) is 11.6. The summed E-state index contributed by atoms with van der Waals surface area (Å²) in [5.41, 5.74) is 16.1. The van der Waals surface area contributed by atoms with Crippen molar-refractivity contribution >= 4 is 29.0 Å². The van der Waals surface area contributed by atoms with E-state index >= 15 is 0 Å². The quantitative estimate of drug-likeness (QED) is 0.105. The van der Waals surface area contributed by atoms with Crippen molar-refractivity contribution in [1.29, 1.82) is 5.41 Å². The zero-order chi connectivity index (χ0) is 26.4. The Morgan fingerprint density at radius 1 is 1.00 bits per heavy atom. The third kappa shape index (κ3) is 6.36. The van der Waals surface area contributed by atoms with E-state index < -0.39 is 0 Å². The Bertz CT molecular complexity index is 1500. The molecule has 0 atom stereocenters. The standard InChI is InChI=1S/C28H27ClN6O2/c29-23-14-25(33-16-18-5-2-1-3-6-18)35(37)24(27(23)21-7-4-8-22(30)13-21)15-26(36)34-17-19-9-11-20(12-10-19)28(31)32/h1-14,37H,15-17,30H2,(H3,31,32)(H,34,36). The number of carbonyl (C=O) groups excluding carboxylic acids is 1. The second-order valence-electron chi connectivity index (χ2n) is 8.48. The number of amides is 1. The van der Waals surface area contributed by atoms with Crippen molar-refractivity contribution in [3.8, 4) is 11.1 Å². The number of nitrogens with two attached hydrogens (primary N) is 2. The molecule has 0 radical (unpaired) electrons. The highest BCUT2D eigenvalue weighted by Crippen LogP contribution is 2.31. The number of nitrogen functional groups attached to an aromatic ring is 2. The largest absolute Gasteiger partial charge is 0.427 e. The maximum Gasteiger partial charge on any atom is 0.226 e. The van der Waals surface area contributed by atoms with E-state index in [1.165, 1.54) is 0 Å². The van der Waals surface area contributed by atoms with Gasteiger partial charge >= 0.3 is 0 Å². The fourth-order valence-electron chi connectivity index (χ4n) is 3.88. The van der Waals surface area contributed by atoms with Crippen molar-refractivity contribution in [3.63, 3.8) is 0 Å². The first kappa shape index (κ1) is 25.5. The van der Waals surface area contributed by atoms with Crippen LogP contribution < -0.4 is 22.3 Å². The number of rotatable bonds is 8. The zero-order valence-electron chi connectivity index (χ0n) is 20.0. The summed E-state index contributed by atoms with van der Waals surface area (Å²) in [6, 6.07) is 25.3. The van der Waals surface area contributed by atoms with E-state index in [0.29, 0.717) is 33.9 Å². The average molecular weight is 515 g/mol. The van der Waals surface area contributed by atoms with Gasteiger partial charge in [-0.25, -0.2) is 0 Å². The van der Waals surface area contributed by atoms with Crippen LogP contribution in [0.15, 0.2) is 89.9 Å². The van der Waals surface area contributed by atoms with Crippen molar-refractivity contribution in [2.24, 2.45) is 10.7 Å². The van der Waals surface area contributed by atoms with Crippen LogP contribution >= 0.6 is 11.6 Å². The van der Waals surface area contributed by atoms with Gasteiger partial charge in [-0.05, 0) is 28.8 Å². The number of pyridine rings is 1. The van der Waals surface area contributed by atoms with Crippen molar-refractivity contribution in [3.05, 3.63) is 118 Å². The van der Waals surface area contributed by atoms with Crippen LogP contribution in [-0.2, 0) is 24.3 Å². The first-order valence-corrected chi connectivity index (χ1v) is 11.9. The van der Waals surface area contributed by atoms with Gasteiger partial charge in [-0.2, -0.15) is 4.73 Å². The summed E-state index contributed by atoms with van der Waals surface area (Å²) in [7, 11) is 0. The second-order valence-corrected chi connectivity index (χ2v) is 8.88. The van der Waals surface area contributed by atoms with Crippen molar-refractivity contribution in [1.82, 2.24) is 10.0 Å². The molecule has 4 rings (SSSR count). The summed E-state index contributed by atoms with van der Waals surface area (Å²) in [5, 5.41) is 21.8. The minimum atomic E-state index is -0.320. The number of halogens is 1. The maximum atomic E-state index is 13.0. The molecule has 3 aromatic carbocycles. The van der Waals surface area contributed by atoms with Crippen molar-refractivity contribution < 1.29 is 10.0 Å². The summed E-state index contributed by atoms with van der Waals surface area (Å²) in [4.78, 5) is 17.5. The van der Waals surface area contributed by atoms with Crippen LogP contribution in [0.1, 0.15) is 22.4 Å².